The summed E-state index contributed by atoms with van der Waals surface area (Å²) in [5, 5.41) is 16.8. The van der Waals surface area contributed by atoms with Gasteiger partial charge in [0.25, 0.3) is 0 Å². The number of hydrogen-bond acceptors (Lipinski definition) is 2. The molecule has 0 saturated carbocycles. The third kappa shape index (κ3) is 3.60. The summed E-state index contributed by atoms with van der Waals surface area (Å²) < 4.78 is 0. The van der Waals surface area contributed by atoms with Crippen molar-refractivity contribution >= 4 is 11.9 Å². The maximum Gasteiger partial charge on any atom is 0.307 e. The highest BCUT2D eigenvalue weighted by atomic mass is 16.4. The molecule has 0 rings (SSSR count). The lowest BCUT2D eigenvalue weighted by atomic mass is 9.93. The third-order valence-corrected chi connectivity index (χ3v) is 1.52. The van der Waals surface area contributed by atoms with Gasteiger partial charge in [-0.05, 0) is 5.92 Å². The van der Waals surface area contributed by atoms with Gasteiger partial charge in [0, 0.05) is 0 Å². The van der Waals surface area contributed by atoms with E-state index in [9.17, 15) is 9.59 Å². The van der Waals surface area contributed by atoms with Crippen LogP contribution in [0.4, 0.5) is 0 Å². The van der Waals surface area contributed by atoms with Gasteiger partial charge in [-0.1, -0.05) is 13.8 Å². The van der Waals surface area contributed by atoms with E-state index in [2.05, 4.69) is 0 Å². The number of hydrogen-bond donors (Lipinski definition) is 2. The predicted molar refractivity (Wildman–Crippen MR) is 38.2 cm³/mol. The lowest BCUT2D eigenvalue weighted by Gasteiger charge is -2.12. The third-order valence-electron chi connectivity index (χ3n) is 1.52. The van der Waals surface area contributed by atoms with Crippen LogP contribution < -0.4 is 0 Å². The van der Waals surface area contributed by atoms with Gasteiger partial charge in [-0.3, -0.25) is 9.59 Å². The number of carbonyl (C=O) groups is 2. The monoisotopic (exact) mass is 160 g/mol. The standard InChI is InChI=1S/C7H12O4/c1-4(2)5(7(10)11)3-6(8)9/h4-5H,3H2,1-2H3,(H,8,9)(H,10,11)/t5-/m0/s1. The van der Waals surface area contributed by atoms with Gasteiger partial charge in [0.2, 0.25) is 0 Å². The summed E-state index contributed by atoms with van der Waals surface area (Å²) in [7, 11) is 0. The van der Waals surface area contributed by atoms with Gasteiger partial charge in [-0.25, -0.2) is 0 Å². The van der Waals surface area contributed by atoms with E-state index in [1.165, 1.54) is 0 Å². The fourth-order valence-corrected chi connectivity index (χ4v) is 0.796. The van der Waals surface area contributed by atoms with Crippen LogP contribution in [-0.4, -0.2) is 22.2 Å². The maximum atomic E-state index is 10.4. The second kappa shape index (κ2) is 3.95. The highest BCUT2D eigenvalue weighted by molar-refractivity contribution is 5.77. The normalized spacial score (nSPS) is 13.0. The second-order valence-corrected chi connectivity index (χ2v) is 2.79. The van der Waals surface area contributed by atoms with Crippen LogP contribution in [-0.2, 0) is 9.59 Å². The van der Waals surface area contributed by atoms with Gasteiger partial charge in [-0.2, -0.15) is 0 Å². The van der Waals surface area contributed by atoms with Gasteiger partial charge in [0.1, 0.15) is 0 Å². The first-order chi connectivity index (χ1) is 4.95. The minimum atomic E-state index is -1.06. The van der Waals surface area contributed by atoms with E-state index in [4.69, 9.17) is 10.2 Å². The van der Waals surface area contributed by atoms with Crippen LogP contribution in [0, 0.1) is 11.8 Å². The van der Waals surface area contributed by atoms with Crippen LogP contribution in [0.5, 0.6) is 0 Å². The Balaban J connectivity index is 4.12. The molecule has 0 fully saturated rings. The van der Waals surface area contributed by atoms with Crippen molar-refractivity contribution in [2.24, 2.45) is 11.8 Å². The van der Waals surface area contributed by atoms with E-state index in [1.807, 2.05) is 0 Å². The van der Waals surface area contributed by atoms with Crippen molar-refractivity contribution in [2.45, 2.75) is 20.3 Å². The summed E-state index contributed by atoms with van der Waals surface area (Å²) in [6.07, 6.45) is -0.299. The molecule has 0 saturated heterocycles. The quantitative estimate of drug-likeness (QED) is 0.638. The van der Waals surface area contributed by atoms with E-state index in [0.717, 1.165) is 0 Å². The van der Waals surface area contributed by atoms with Crippen molar-refractivity contribution in [1.29, 1.82) is 0 Å². The molecule has 0 aliphatic rings. The van der Waals surface area contributed by atoms with Crippen molar-refractivity contribution < 1.29 is 19.8 Å². The van der Waals surface area contributed by atoms with Gasteiger partial charge < -0.3 is 10.2 Å². The van der Waals surface area contributed by atoms with E-state index < -0.39 is 17.9 Å². The van der Waals surface area contributed by atoms with Crippen molar-refractivity contribution in [1.82, 2.24) is 0 Å². The molecule has 0 bridgehead atoms. The van der Waals surface area contributed by atoms with E-state index in [0.29, 0.717) is 0 Å². The number of aliphatic carboxylic acids is 2. The summed E-state index contributed by atoms with van der Waals surface area (Å²) in [6, 6.07) is 0. The lowest BCUT2D eigenvalue weighted by molar-refractivity contribution is -0.149. The Morgan fingerprint density at radius 2 is 1.73 bits per heavy atom. The number of rotatable bonds is 4. The molecule has 2 N–H and O–H groups in total. The molecular formula is C7H12O4. The molecule has 4 nitrogen and oxygen atoms in total. The van der Waals surface area contributed by atoms with Crippen LogP contribution in [0.1, 0.15) is 20.3 Å². The minimum Gasteiger partial charge on any atom is -0.481 e. The fourth-order valence-electron chi connectivity index (χ4n) is 0.796. The Morgan fingerprint density at radius 1 is 1.27 bits per heavy atom. The maximum absolute atomic E-state index is 10.4. The molecule has 0 spiro atoms. The largest absolute Gasteiger partial charge is 0.481 e. The molecular weight excluding hydrogens is 148 g/mol. The highest BCUT2D eigenvalue weighted by Crippen LogP contribution is 2.14. The van der Waals surface area contributed by atoms with Gasteiger partial charge in [0.15, 0.2) is 0 Å². The van der Waals surface area contributed by atoms with Gasteiger partial charge in [0.05, 0.1) is 12.3 Å². The van der Waals surface area contributed by atoms with Crippen LogP contribution in [0.2, 0.25) is 0 Å². The summed E-state index contributed by atoms with van der Waals surface area (Å²) >= 11 is 0. The highest BCUT2D eigenvalue weighted by Gasteiger charge is 2.23. The fraction of sp³-hybridized carbons (Fsp3) is 0.714. The topological polar surface area (TPSA) is 74.6 Å². The Hall–Kier alpha value is -1.06. The van der Waals surface area contributed by atoms with Crippen molar-refractivity contribution in [2.75, 3.05) is 0 Å². The van der Waals surface area contributed by atoms with Crippen LogP contribution >= 0.6 is 0 Å². The zero-order valence-corrected chi connectivity index (χ0v) is 6.57. The molecule has 0 aliphatic carbocycles. The van der Waals surface area contributed by atoms with E-state index in [1.54, 1.807) is 13.8 Å². The molecule has 0 aromatic carbocycles. The average Bonchev–Trinajstić information content (AvgIpc) is 1.81. The summed E-state index contributed by atoms with van der Waals surface area (Å²) in [4.78, 5) is 20.6. The summed E-state index contributed by atoms with van der Waals surface area (Å²) in [5.41, 5.74) is 0. The van der Waals surface area contributed by atoms with E-state index >= 15 is 0 Å². The van der Waals surface area contributed by atoms with E-state index in [-0.39, 0.29) is 12.3 Å². The molecule has 0 aromatic rings. The van der Waals surface area contributed by atoms with Crippen LogP contribution in [0.25, 0.3) is 0 Å². The van der Waals surface area contributed by atoms with Crippen LogP contribution in [0.15, 0.2) is 0 Å². The number of carboxylic acid groups (broad SMARTS) is 2. The van der Waals surface area contributed by atoms with Crippen LogP contribution in [0.3, 0.4) is 0 Å². The molecule has 64 valence electrons. The first-order valence-electron chi connectivity index (χ1n) is 3.39. The molecule has 0 unspecified atom stereocenters. The Morgan fingerprint density at radius 3 is 1.82 bits per heavy atom. The van der Waals surface area contributed by atoms with Gasteiger partial charge >= 0.3 is 11.9 Å². The predicted octanol–water partition coefficient (Wildman–Crippen LogP) is 0.818. The first kappa shape index (κ1) is 9.94. The molecule has 0 aliphatic heterocycles. The Kier molecular flexibility index (Phi) is 3.57. The molecule has 0 aromatic heterocycles. The number of carboxylic acids is 2. The molecule has 11 heavy (non-hydrogen) atoms. The molecule has 1 atom stereocenters. The Bertz CT molecular complexity index is 162. The average molecular weight is 160 g/mol. The smallest absolute Gasteiger partial charge is 0.307 e. The molecule has 0 amide bonds. The molecule has 0 heterocycles. The zero-order chi connectivity index (χ0) is 9.02. The van der Waals surface area contributed by atoms with Crippen molar-refractivity contribution in [3.63, 3.8) is 0 Å². The molecule has 0 radical (unpaired) electrons. The Labute approximate surface area is 64.8 Å². The summed E-state index contributed by atoms with van der Waals surface area (Å²) in [5.74, 6) is -3.01. The van der Waals surface area contributed by atoms with Gasteiger partial charge in [-0.15, -0.1) is 0 Å². The van der Waals surface area contributed by atoms with Crippen molar-refractivity contribution in [3.8, 4) is 0 Å². The second-order valence-electron chi connectivity index (χ2n) is 2.79. The minimum absolute atomic E-state index is 0.136. The van der Waals surface area contributed by atoms with Crippen molar-refractivity contribution in [3.05, 3.63) is 0 Å². The SMILES string of the molecule is CC(C)[C@H](CC(=O)O)C(=O)O. The molecule has 4 heteroatoms. The lowest BCUT2D eigenvalue weighted by Crippen LogP contribution is -2.22. The zero-order valence-electron chi connectivity index (χ0n) is 6.57. The summed E-state index contributed by atoms with van der Waals surface area (Å²) in [6.45, 7) is 3.39. The first-order valence-corrected chi connectivity index (χ1v) is 3.39.